The van der Waals surface area contributed by atoms with Crippen molar-refractivity contribution < 1.29 is 0 Å². The van der Waals surface area contributed by atoms with Crippen molar-refractivity contribution in [3.05, 3.63) is 0 Å². The fourth-order valence-electron chi connectivity index (χ4n) is 3.86. The van der Waals surface area contributed by atoms with E-state index in [9.17, 15) is 0 Å². The molecule has 1 saturated carbocycles. The molecule has 2 unspecified atom stereocenters. The highest BCUT2D eigenvalue weighted by molar-refractivity contribution is 4.90. The number of hydrogen-bond acceptors (Lipinski definition) is 1. The summed E-state index contributed by atoms with van der Waals surface area (Å²) in [7, 11) is 0. The fraction of sp³-hybridized carbons (Fsp3) is 1.00. The first-order valence-corrected chi connectivity index (χ1v) is 8.83. The molecule has 2 N–H and O–H groups in total. The zero-order valence-electron chi connectivity index (χ0n) is 13.7. The van der Waals surface area contributed by atoms with Crippen LogP contribution in [-0.4, -0.2) is 6.04 Å². The van der Waals surface area contributed by atoms with Gasteiger partial charge in [0.1, 0.15) is 0 Å². The molecule has 19 heavy (non-hydrogen) atoms. The molecule has 114 valence electrons. The zero-order valence-corrected chi connectivity index (χ0v) is 13.7. The van der Waals surface area contributed by atoms with Crippen LogP contribution in [0.2, 0.25) is 0 Å². The Labute approximate surface area is 121 Å². The van der Waals surface area contributed by atoms with E-state index in [2.05, 4.69) is 20.8 Å². The van der Waals surface area contributed by atoms with Crippen LogP contribution >= 0.6 is 0 Å². The van der Waals surface area contributed by atoms with Crippen LogP contribution in [-0.2, 0) is 0 Å². The smallest absolute Gasteiger partial charge is 0.00722 e. The lowest BCUT2D eigenvalue weighted by molar-refractivity contribution is 0.212. The van der Waals surface area contributed by atoms with E-state index in [1.165, 1.54) is 77.0 Å². The largest absolute Gasteiger partial charge is 0.327 e. The Morgan fingerprint density at radius 1 is 1.00 bits per heavy atom. The molecule has 1 aliphatic carbocycles. The highest BCUT2D eigenvalue weighted by Gasteiger charge is 2.37. The van der Waals surface area contributed by atoms with Crippen molar-refractivity contribution in [1.82, 2.24) is 0 Å². The van der Waals surface area contributed by atoms with Gasteiger partial charge in [0.15, 0.2) is 0 Å². The maximum atomic E-state index is 6.44. The lowest BCUT2D eigenvalue weighted by Gasteiger charge is -2.32. The zero-order chi connectivity index (χ0) is 14.1. The van der Waals surface area contributed by atoms with E-state index in [4.69, 9.17) is 5.73 Å². The molecule has 0 heterocycles. The summed E-state index contributed by atoms with van der Waals surface area (Å²) in [5.41, 5.74) is 6.93. The third-order valence-electron chi connectivity index (χ3n) is 5.25. The topological polar surface area (TPSA) is 26.0 Å². The molecule has 0 aromatic rings. The van der Waals surface area contributed by atoms with Crippen molar-refractivity contribution in [3.63, 3.8) is 0 Å². The molecule has 1 nitrogen and oxygen atoms in total. The first-order chi connectivity index (χ1) is 9.08. The molecular formula is C18H37N. The predicted octanol–water partition coefficient (Wildman–Crippen LogP) is 5.67. The first-order valence-electron chi connectivity index (χ1n) is 8.83. The van der Waals surface area contributed by atoms with Crippen LogP contribution in [0.1, 0.15) is 97.8 Å². The third kappa shape index (κ3) is 6.29. The monoisotopic (exact) mass is 267 g/mol. The molecule has 0 bridgehead atoms. The molecule has 0 saturated heterocycles. The highest BCUT2D eigenvalue weighted by atomic mass is 14.7. The maximum absolute atomic E-state index is 6.44. The quantitative estimate of drug-likeness (QED) is 0.507. The van der Waals surface area contributed by atoms with Crippen LogP contribution in [0.4, 0.5) is 0 Å². The van der Waals surface area contributed by atoms with Crippen LogP contribution in [0.15, 0.2) is 0 Å². The lowest BCUT2D eigenvalue weighted by atomic mass is 9.76. The Morgan fingerprint density at radius 2 is 1.58 bits per heavy atom. The molecule has 1 rings (SSSR count). The van der Waals surface area contributed by atoms with Gasteiger partial charge < -0.3 is 5.73 Å². The van der Waals surface area contributed by atoms with Gasteiger partial charge >= 0.3 is 0 Å². The summed E-state index contributed by atoms with van der Waals surface area (Å²) in [5, 5.41) is 0. The van der Waals surface area contributed by atoms with Gasteiger partial charge in [-0.3, -0.25) is 0 Å². The standard InChI is InChI=1S/C18H37N/c1-4-5-6-7-8-9-10-11-14-17(19)16-13-12-15-18(16,2)3/h16-17H,4-15,19H2,1-3H3. The maximum Gasteiger partial charge on any atom is 0.00722 e. The molecule has 0 radical (unpaired) electrons. The van der Waals surface area contributed by atoms with Gasteiger partial charge in [-0.2, -0.15) is 0 Å². The van der Waals surface area contributed by atoms with E-state index in [1.54, 1.807) is 0 Å². The van der Waals surface area contributed by atoms with Gasteiger partial charge in [-0.15, -0.1) is 0 Å². The summed E-state index contributed by atoms with van der Waals surface area (Å²) in [6.07, 6.45) is 16.6. The molecular weight excluding hydrogens is 230 g/mol. The van der Waals surface area contributed by atoms with Crippen LogP contribution in [0.5, 0.6) is 0 Å². The third-order valence-corrected chi connectivity index (χ3v) is 5.25. The highest BCUT2D eigenvalue weighted by Crippen LogP contribution is 2.44. The number of rotatable bonds is 10. The van der Waals surface area contributed by atoms with E-state index >= 15 is 0 Å². The molecule has 1 aliphatic rings. The van der Waals surface area contributed by atoms with Gasteiger partial charge in [0.05, 0.1) is 0 Å². The first kappa shape index (κ1) is 17.0. The second-order valence-corrected chi connectivity index (χ2v) is 7.41. The summed E-state index contributed by atoms with van der Waals surface area (Å²) >= 11 is 0. The summed E-state index contributed by atoms with van der Waals surface area (Å²) in [6.45, 7) is 7.11. The number of unbranched alkanes of at least 4 members (excludes halogenated alkanes) is 7. The predicted molar refractivity (Wildman–Crippen MR) is 86.3 cm³/mol. The van der Waals surface area contributed by atoms with E-state index in [1.807, 2.05) is 0 Å². The number of hydrogen-bond donors (Lipinski definition) is 1. The van der Waals surface area contributed by atoms with Crippen molar-refractivity contribution in [2.75, 3.05) is 0 Å². The Hall–Kier alpha value is -0.0400. The molecule has 0 aromatic heterocycles. The van der Waals surface area contributed by atoms with Gasteiger partial charge in [0.2, 0.25) is 0 Å². The van der Waals surface area contributed by atoms with Crippen molar-refractivity contribution in [3.8, 4) is 0 Å². The van der Waals surface area contributed by atoms with Crippen molar-refractivity contribution in [2.24, 2.45) is 17.1 Å². The molecule has 0 spiro atoms. The molecule has 0 amide bonds. The van der Waals surface area contributed by atoms with Gasteiger partial charge in [-0.05, 0) is 30.6 Å². The Kier molecular flexibility index (Phi) is 8.06. The summed E-state index contributed by atoms with van der Waals surface area (Å²) < 4.78 is 0. The van der Waals surface area contributed by atoms with Gasteiger partial charge in [0.25, 0.3) is 0 Å². The Balaban J connectivity index is 2.00. The van der Waals surface area contributed by atoms with Crippen molar-refractivity contribution >= 4 is 0 Å². The Bertz CT molecular complexity index is 222. The minimum Gasteiger partial charge on any atom is -0.327 e. The average Bonchev–Trinajstić information content (AvgIpc) is 2.72. The average molecular weight is 268 g/mol. The summed E-state index contributed by atoms with van der Waals surface area (Å²) in [5.74, 6) is 0.775. The lowest BCUT2D eigenvalue weighted by Crippen LogP contribution is -2.36. The van der Waals surface area contributed by atoms with Gasteiger partial charge in [-0.25, -0.2) is 0 Å². The SMILES string of the molecule is CCCCCCCCCCC(N)C1CCCC1(C)C. The minimum atomic E-state index is 0.456. The minimum absolute atomic E-state index is 0.456. The molecule has 1 fully saturated rings. The van der Waals surface area contributed by atoms with Crippen LogP contribution in [0.25, 0.3) is 0 Å². The van der Waals surface area contributed by atoms with E-state index < -0.39 is 0 Å². The van der Waals surface area contributed by atoms with E-state index in [0.29, 0.717) is 11.5 Å². The van der Waals surface area contributed by atoms with Crippen LogP contribution in [0, 0.1) is 11.3 Å². The number of nitrogens with two attached hydrogens (primary N) is 1. The molecule has 1 heteroatoms. The van der Waals surface area contributed by atoms with E-state index in [-0.39, 0.29) is 0 Å². The van der Waals surface area contributed by atoms with Crippen molar-refractivity contribution in [1.29, 1.82) is 0 Å². The second-order valence-electron chi connectivity index (χ2n) is 7.41. The molecule has 2 atom stereocenters. The second kappa shape index (κ2) is 9.00. The normalized spacial score (nSPS) is 23.7. The summed E-state index contributed by atoms with van der Waals surface area (Å²) in [4.78, 5) is 0. The summed E-state index contributed by atoms with van der Waals surface area (Å²) in [6, 6.07) is 0.456. The Morgan fingerprint density at radius 3 is 2.11 bits per heavy atom. The van der Waals surface area contributed by atoms with Gasteiger partial charge in [-0.1, -0.05) is 78.6 Å². The van der Waals surface area contributed by atoms with Crippen LogP contribution in [0.3, 0.4) is 0 Å². The fourth-order valence-corrected chi connectivity index (χ4v) is 3.86. The van der Waals surface area contributed by atoms with Gasteiger partial charge in [0, 0.05) is 6.04 Å². The molecule has 0 aromatic carbocycles. The van der Waals surface area contributed by atoms with Crippen molar-refractivity contribution in [2.45, 2.75) is 104 Å². The van der Waals surface area contributed by atoms with Crippen LogP contribution < -0.4 is 5.73 Å². The molecule has 0 aliphatic heterocycles. The van der Waals surface area contributed by atoms with E-state index in [0.717, 1.165) is 5.92 Å².